The molecule has 6 nitrogen and oxygen atoms in total. The first kappa shape index (κ1) is 73.5. The van der Waals surface area contributed by atoms with Gasteiger partial charge in [-0.1, -0.05) is 267 Å². The van der Waals surface area contributed by atoms with Crippen molar-refractivity contribution < 1.29 is 28.6 Å². The number of esters is 3. The van der Waals surface area contributed by atoms with Gasteiger partial charge < -0.3 is 14.2 Å². The van der Waals surface area contributed by atoms with Gasteiger partial charge in [0.05, 0.1) is 6.42 Å². The lowest BCUT2D eigenvalue weighted by atomic mass is 10.1. The maximum Gasteiger partial charge on any atom is 0.309 e. The minimum absolute atomic E-state index is 0.113. The fourth-order valence-electron chi connectivity index (χ4n) is 7.86. The maximum atomic E-state index is 12.9. The summed E-state index contributed by atoms with van der Waals surface area (Å²) < 4.78 is 16.8. The van der Waals surface area contributed by atoms with E-state index in [0.29, 0.717) is 6.42 Å². The molecule has 0 aliphatic heterocycles. The number of allylic oxidation sites excluding steroid dienone is 29. The number of carbonyl (C=O) groups excluding carboxylic acids is 3. The average molecular weight is 1090 g/mol. The molecular formula is C73H112O6. The van der Waals surface area contributed by atoms with Gasteiger partial charge in [-0.3, -0.25) is 14.4 Å². The van der Waals surface area contributed by atoms with E-state index in [1.165, 1.54) is 44.9 Å². The fraction of sp³-hybridized carbons (Fsp3) is 0.548. The van der Waals surface area contributed by atoms with E-state index in [2.05, 4.69) is 191 Å². The minimum atomic E-state index is -0.841. The number of hydrogen-bond acceptors (Lipinski definition) is 6. The van der Waals surface area contributed by atoms with Gasteiger partial charge in [-0.05, 0) is 135 Å². The smallest absolute Gasteiger partial charge is 0.309 e. The van der Waals surface area contributed by atoms with Crippen LogP contribution in [0.4, 0.5) is 0 Å². The molecule has 0 aliphatic rings. The molecule has 0 aliphatic carbocycles. The summed E-state index contributed by atoms with van der Waals surface area (Å²) in [6.45, 7) is 6.18. The van der Waals surface area contributed by atoms with Crippen molar-refractivity contribution in [3.63, 3.8) is 0 Å². The highest BCUT2D eigenvalue weighted by molar-refractivity contribution is 5.72. The zero-order valence-electron chi connectivity index (χ0n) is 50.3. The highest BCUT2D eigenvalue weighted by Gasteiger charge is 2.19. The number of carbonyl (C=O) groups is 3. The van der Waals surface area contributed by atoms with Crippen LogP contribution in [0.5, 0.6) is 0 Å². The standard InChI is InChI=1S/C73H112O6/c1-4-7-10-13-16-19-22-25-28-30-32-33-34-35-36-37-38-39-41-42-45-48-51-54-57-60-63-66-72(75)78-69-70(68-77-71(74)65-62-59-56-53-50-47-44-27-24-21-18-15-12-9-6-3)79-73(76)67-64-61-58-55-52-49-46-43-40-31-29-26-23-20-17-14-11-8-5-2/h7-12,16-21,25-29,32-33,35-36,38-40,43-44,50,53,59,62,70H,4-6,13-15,22-24,30-31,34,37,41-42,45-49,51-52,54-58,60-61,63-69H2,1-3H3/b10-7-,11-8-,12-9-,19-16-,20-17-,21-18-,28-25-,29-26-,33-32-,36-35-,39-38-,43-40-,44-27-,53-50-,62-59-. The van der Waals surface area contributed by atoms with Gasteiger partial charge in [0.15, 0.2) is 6.10 Å². The van der Waals surface area contributed by atoms with Gasteiger partial charge in [0.25, 0.3) is 0 Å². The molecule has 0 rings (SSSR count). The Morgan fingerprint density at radius 1 is 0.266 bits per heavy atom. The van der Waals surface area contributed by atoms with Crippen molar-refractivity contribution in [3.05, 3.63) is 182 Å². The van der Waals surface area contributed by atoms with Gasteiger partial charge in [-0.2, -0.15) is 0 Å². The third kappa shape index (κ3) is 63.2. The zero-order chi connectivity index (χ0) is 57.1. The largest absolute Gasteiger partial charge is 0.462 e. The van der Waals surface area contributed by atoms with Crippen molar-refractivity contribution >= 4 is 17.9 Å². The summed E-state index contributed by atoms with van der Waals surface area (Å²) in [6, 6.07) is 0. The summed E-state index contributed by atoms with van der Waals surface area (Å²) in [5.74, 6) is -1.09. The Morgan fingerprint density at radius 2 is 0.506 bits per heavy atom. The summed E-state index contributed by atoms with van der Waals surface area (Å²) in [7, 11) is 0. The van der Waals surface area contributed by atoms with E-state index in [-0.39, 0.29) is 38.0 Å². The number of hydrogen-bond donors (Lipinski definition) is 0. The van der Waals surface area contributed by atoms with E-state index in [9.17, 15) is 14.4 Å². The highest BCUT2D eigenvalue weighted by Crippen LogP contribution is 2.14. The first-order valence-electron chi connectivity index (χ1n) is 31.3. The number of unbranched alkanes of at least 4 members (excludes halogenated alkanes) is 14. The summed E-state index contributed by atoms with van der Waals surface area (Å²) in [6.07, 6.45) is 97.7. The van der Waals surface area contributed by atoms with Crippen molar-refractivity contribution in [1.29, 1.82) is 0 Å². The second kappa shape index (κ2) is 65.0. The van der Waals surface area contributed by atoms with Crippen LogP contribution in [-0.4, -0.2) is 37.2 Å². The average Bonchev–Trinajstić information content (AvgIpc) is 3.45. The molecule has 0 bridgehead atoms. The molecule has 6 heteroatoms. The molecule has 1 unspecified atom stereocenters. The van der Waals surface area contributed by atoms with E-state index in [1.54, 1.807) is 6.08 Å². The second-order valence-corrected chi connectivity index (χ2v) is 19.8. The minimum Gasteiger partial charge on any atom is -0.462 e. The lowest BCUT2D eigenvalue weighted by molar-refractivity contribution is -0.166. The predicted octanol–water partition coefficient (Wildman–Crippen LogP) is 21.7. The Labute approximate surface area is 484 Å². The van der Waals surface area contributed by atoms with Crippen LogP contribution in [0.15, 0.2) is 182 Å². The van der Waals surface area contributed by atoms with E-state index >= 15 is 0 Å². The van der Waals surface area contributed by atoms with Crippen LogP contribution >= 0.6 is 0 Å². The van der Waals surface area contributed by atoms with E-state index in [4.69, 9.17) is 14.2 Å². The van der Waals surface area contributed by atoms with Crippen LogP contribution in [0.2, 0.25) is 0 Å². The molecule has 0 N–H and O–H groups in total. The van der Waals surface area contributed by atoms with Crippen LogP contribution in [0, 0.1) is 0 Å². The summed E-state index contributed by atoms with van der Waals surface area (Å²) >= 11 is 0. The van der Waals surface area contributed by atoms with Crippen LogP contribution in [0.3, 0.4) is 0 Å². The molecule has 0 saturated carbocycles. The molecule has 0 amide bonds. The molecule has 0 fully saturated rings. The molecule has 0 aromatic carbocycles. The third-order valence-corrected chi connectivity index (χ3v) is 12.4. The molecule has 0 saturated heterocycles. The van der Waals surface area contributed by atoms with Gasteiger partial charge in [0.1, 0.15) is 13.2 Å². The Hall–Kier alpha value is -5.49. The molecule has 0 heterocycles. The first-order valence-corrected chi connectivity index (χ1v) is 31.3. The van der Waals surface area contributed by atoms with Crippen LogP contribution in [0.1, 0.15) is 239 Å². The molecule has 0 radical (unpaired) electrons. The fourth-order valence-corrected chi connectivity index (χ4v) is 7.86. The van der Waals surface area contributed by atoms with Gasteiger partial charge in [-0.15, -0.1) is 0 Å². The lowest BCUT2D eigenvalue weighted by Gasteiger charge is -2.18. The quantitative estimate of drug-likeness (QED) is 0.0261. The molecule has 0 aromatic heterocycles. The molecule has 1 atom stereocenters. The van der Waals surface area contributed by atoms with E-state index in [0.717, 1.165) is 154 Å². The number of ether oxygens (including phenoxy) is 3. The Balaban J connectivity index is 4.49. The zero-order valence-corrected chi connectivity index (χ0v) is 50.3. The third-order valence-electron chi connectivity index (χ3n) is 12.4. The molecular weight excluding hydrogens is 973 g/mol. The summed E-state index contributed by atoms with van der Waals surface area (Å²) in [4.78, 5) is 38.2. The van der Waals surface area contributed by atoms with Gasteiger partial charge in [0.2, 0.25) is 0 Å². The highest BCUT2D eigenvalue weighted by atomic mass is 16.6. The number of rotatable bonds is 54. The molecule has 0 spiro atoms. The Kier molecular flexibility index (Phi) is 60.5. The van der Waals surface area contributed by atoms with E-state index < -0.39 is 12.1 Å². The van der Waals surface area contributed by atoms with Crippen molar-refractivity contribution in [2.75, 3.05) is 13.2 Å². The second-order valence-electron chi connectivity index (χ2n) is 19.8. The normalized spacial score (nSPS) is 13.4. The molecule has 0 aromatic rings. The van der Waals surface area contributed by atoms with Crippen LogP contribution < -0.4 is 0 Å². The van der Waals surface area contributed by atoms with Crippen molar-refractivity contribution in [2.24, 2.45) is 0 Å². The first-order chi connectivity index (χ1) is 39.0. The van der Waals surface area contributed by atoms with Gasteiger partial charge in [-0.25, -0.2) is 0 Å². The lowest BCUT2D eigenvalue weighted by Crippen LogP contribution is -2.30. The Morgan fingerprint density at radius 3 is 0.823 bits per heavy atom. The van der Waals surface area contributed by atoms with E-state index in [1.807, 2.05) is 6.08 Å². The maximum absolute atomic E-state index is 12.9. The summed E-state index contributed by atoms with van der Waals surface area (Å²) in [5.41, 5.74) is 0. The SMILES string of the molecule is CC/C=C\C/C=C\C/C=C\C/C=C\C/C=C\C/C=C\CCCCCCCCCCC(=O)OCC(COC(=O)C/C=C\C/C=C\C/C=C\C/C=C\C/C=C\CC)OC(=O)CCCCCCCC/C=C\C/C=C\C/C=C\C/C=C\CC. The van der Waals surface area contributed by atoms with Crippen molar-refractivity contribution in [1.82, 2.24) is 0 Å². The predicted molar refractivity (Wildman–Crippen MR) is 343 cm³/mol. The van der Waals surface area contributed by atoms with Crippen molar-refractivity contribution in [2.45, 2.75) is 245 Å². The Bertz CT molecular complexity index is 1870. The molecule has 79 heavy (non-hydrogen) atoms. The van der Waals surface area contributed by atoms with Gasteiger partial charge >= 0.3 is 17.9 Å². The topological polar surface area (TPSA) is 78.9 Å². The van der Waals surface area contributed by atoms with Gasteiger partial charge in [0, 0.05) is 12.8 Å². The monoisotopic (exact) mass is 1080 g/mol. The van der Waals surface area contributed by atoms with Crippen molar-refractivity contribution in [3.8, 4) is 0 Å². The van der Waals surface area contributed by atoms with Crippen LogP contribution in [0.25, 0.3) is 0 Å². The molecule has 440 valence electrons. The van der Waals surface area contributed by atoms with Crippen LogP contribution in [-0.2, 0) is 28.6 Å². The summed E-state index contributed by atoms with van der Waals surface area (Å²) in [5, 5.41) is 0.